The van der Waals surface area contributed by atoms with Crippen molar-refractivity contribution in [3.8, 4) is 5.75 Å². The molecule has 0 bridgehead atoms. The first-order valence-corrected chi connectivity index (χ1v) is 9.43. The van der Waals surface area contributed by atoms with Crippen LogP contribution < -0.4 is 10.1 Å². The Morgan fingerprint density at radius 1 is 1.22 bits per heavy atom. The number of rotatable bonds is 4. The second-order valence-electron chi connectivity index (χ2n) is 7.19. The molecule has 0 radical (unpaired) electrons. The number of likely N-dealkylation sites (tertiary alicyclic amines) is 1. The summed E-state index contributed by atoms with van der Waals surface area (Å²) in [6.45, 7) is 3.54. The van der Waals surface area contributed by atoms with Gasteiger partial charge in [-0.25, -0.2) is 0 Å². The first-order valence-electron chi connectivity index (χ1n) is 9.43. The van der Waals surface area contributed by atoms with E-state index >= 15 is 0 Å². The average molecular weight is 391 g/mol. The van der Waals surface area contributed by atoms with Gasteiger partial charge in [0, 0.05) is 31.7 Å². The minimum absolute atomic E-state index is 0. The zero-order valence-corrected chi connectivity index (χ0v) is 16.5. The molecule has 1 aromatic heterocycles. The van der Waals surface area contributed by atoms with Crippen molar-refractivity contribution in [3.63, 3.8) is 0 Å². The number of nitrogens with one attached hydrogen (secondary N) is 1. The van der Waals surface area contributed by atoms with Gasteiger partial charge in [-0.05, 0) is 49.6 Å². The van der Waals surface area contributed by atoms with Gasteiger partial charge >= 0.3 is 0 Å². The molecule has 2 atom stereocenters. The Bertz CT molecular complexity index is 756. The number of aromatic nitrogens is 2. The molecule has 7 heteroatoms. The number of carbonyl (C=O) groups is 1. The van der Waals surface area contributed by atoms with Crippen LogP contribution in [0.25, 0.3) is 0 Å². The van der Waals surface area contributed by atoms with Crippen LogP contribution >= 0.6 is 12.4 Å². The maximum absolute atomic E-state index is 12.8. The van der Waals surface area contributed by atoms with Gasteiger partial charge in [0.15, 0.2) is 0 Å². The summed E-state index contributed by atoms with van der Waals surface area (Å²) in [6, 6.07) is 10.4. The van der Waals surface area contributed by atoms with Crippen molar-refractivity contribution in [2.75, 3.05) is 33.3 Å². The molecule has 2 aliphatic heterocycles. The van der Waals surface area contributed by atoms with Crippen LogP contribution in [0.2, 0.25) is 0 Å². The topological polar surface area (TPSA) is 59.4 Å². The van der Waals surface area contributed by atoms with Gasteiger partial charge in [-0.3, -0.25) is 9.48 Å². The van der Waals surface area contributed by atoms with Crippen molar-refractivity contribution in [2.45, 2.75) is 31.2 Å². The molecule has 2 aromatic rings. The first kappa shape index (κ1) is 19.7. The Morgan fingerprint density at radius 3 is 2.74 bits per heavy atom. The summed E-state index contributed by atoms with van der Waals surface area (Å²) < 4.78 is 7.18. The highest BCUT2D eigenvalue weighted by atomic mass is 35.5. The normalized spacial score (nSPS) is 22.3. The fraction of sp³-hybridized carbons (Fsp3) is 0.500. The predicted octanol–water partition coefficient (Wildman–Crippen LogP) is 2.87. The van der Waals surface area contributed by atoms with E-state index in [1.165, 1.54) is 5.56 Å². The molecule has 0 aliphatic carbocycles. The van der Waals surface area contributed by atoms with Crippen molar-refractivity contribution < 1.29 is 9.53 Å². The Hall–Kier alpha value is -2.05. The summed E-state index contributed by atoms with van der Waals surface area (Å²) in [7, 11) is 1.67. The van der Waals surface area contributed by atoms with Crippen LogP contribution in [0, 0.1) is 0 Å². The molecule has 1 aromatic carbocycles. The Kier molecular flexibility index (Phi) is 6.39. The Balaban J connectivity index is 0.00000210. The van der Waals surface area contributed by atoms with Gasteiger partial charge < -0.3 is 15.0 Å². The lowest BCUT2D eigenvalue weighted by Crippen LogP contribution is -2.32. The fourth-order valence-electron chi connectivity index (χ4n) is 3.97. The van der Waals surface area contributed by atoms with Crippen molar-refractivity contribution >= 4 is 18.3 Å². The van der Waals surface area contributed by atoms with Gasteiger partial charge in [0.2, 0.25) is 0 Å². The van der Waals surface area contributed by atoms with Gasteiger partial charge in [-0.15, -0.1) is 12.4 Å². The van der Waals surface area contributed by atoms with Crippen LogP contribution in [-0.4, -0.2) is 53.9 Å². The second-order valence-corrected chi connectivity index (χ2v) is 7.19. The van der Waals surface area contributed by atoms with Crippen LogP contribution in [0.15, 0.2) is 36.5 Å². The maximum atomic E-state index is 12.8. The smallest absolute Gasteiger partial charge is 0.274 e. The monoisotopic (exact) mass is 390 g/mol. The van der Waals surface area contributed by atoms with E-state index in [4.69, 9.17) is 4.74 Å². The SMILES string of the molecule is COc1ccc(C2CCN(C(=O)c3ccn(C4CCCNC4)n3)C2)cc1.Cl. The number of nitrogens with zero attached hydrogens (tertiary/aromatic N) is 3. The van der Waals surface area contributed by atoms with Crippen molar-refractivity contribution in [3.05, 3.63) is 47.8 Å². The number of methoxy groups -OCH3 is 1. The highest BCUT2D eigenvalue weighted by Crippen LogP contribution is 2.29. The zero-order valence-electron chi connectivity index (χ0n) is 15.6. The van der Waals surface area contributed by atoms with E-state index in [1.54, 1.807) is 7.11 Å². The predicted molar refractivity (Wildman–Crippen MR) is 107 cm³/mol. The minimum Gasteiger partial charge on any atom is -0.497 e. The lowest BCUT2D eigenvalue weighted by atomic mass is 9.98. The molecular weight excluding hydrogens is 364 g/mol. The number of carbonyl (C=O) groups excluding carboxylic acids is 1. The molecular formula is C20H27ClN4O2. The summed E-state index contributed by atoms with van der Waals surface area (Å²) >= 11 is 0. The molecule has 2 unspecified atom stereocenters. The largest absolute Gasteiger partial charge is 0.497 e. The molecule has 1 amide bonds. The summed E-state index contributed by atoms with van der Waals surface area (Å²) in [6.07, 6.45) is 5.21. The number of hydrogen-bond donors (Lipinski definition) is 1. The molecule has 6 nitrogen and oxygen atoms in total. The van der Waals surface area contributed by atoms with Gasteiger partial charge in [-0.2, -0.15) is 5.10 Å². The van der Waals surface area contributed by atoms with E-state index in [0.29, 0.717) is 17.7 Å². The number of piperidine rings is 1. The summed E-state index contributed by atoms with van der Waals surface area (Å²) in [4.78, 5) is 14.8. The fourth-order valence-corrected chi connectivity index (χ4v) is 3.97. The van der Waals surface area contributed by atoms with Crippen LogP contribution in [0.1, 0.15) is 47.3 Å². The number of hydrogen-bond acceptors (Lipinski definition) is 4. The summed E-state index contributed by atoms with van der Waals surface area (Å²) in [5, 5.41) is 7.96. The number of ether oxygens (including phenoxy) is 1. The number of amides is 1. The Morgan fingerprint density at radius 2 is 2.04 bits per heavy atom. The molecule has 0 spiro atoms. The molecule has 2 saturated heterocycles. The quantitative estimate of drug-likeness (QED) is 0.872. The molecule has 2 fully saturated rings. The standard InChI is InChI=1S/C20H26N4O2.ClH/c1-26-18-6-4-15(5-7-18)16-8-11-23(14-16)20(25)19-9-12-24(22-19)17-3-2-10-21-13-17;/h4-7,9,12,16-17,21H,2-3,8,10-11,13-14H2,1H3;1H. The molecule has 0 saturated carbocycles. The van der Waals surface area contributed by atoms with E-state index in [-0.39, 0.29) is 18.3 Å². The van der Waals surface area contributed by atoms with E-state index in [0.717, 1.165) is 51.2 Å². The van der Waals surface area contributed by atoms with Gasteiger partial charge in [0.1, 0.15) is 11.4 Å². The van der Waals surface area contributed by atoms with Crippen molar-refractivity contribution in [2.24, 2.45) is 0 Å². The van der Waals surface area contributed by atoms with E-state index < -0.39 is 0 Å². The molecule has 27 heavy (non-hydrogen) atoms. The summed E-state index contributed by atoms with van der Waals surface area (Å²) in [5.74, 6) is 1.29. The van der Waals surface area contributed by atoms with E-state index in [2.05, 4.69) is 22.5 Å². The average Bonchev–Trinajstić information content (AvgIpc) is 3.38. The number of benzene rings is 1. The third-order valence-corrected chi connectivity index (χ3v) is 5.54. The highest BCUT2D eigenvalue weighted by molar-refractivity contribution is 5.92. The number of halogens is 1. The lowest BCUT2D eigenvalue weighted by Gasteiger charge is -2.23. The Labute approximate surface area is 166 Å². The lowest BCUT2D eigenvalue weighted by molar-refractivity contribution is 0.0783. The third-order valence-electron chi connectivity index (χ3n) is 5.54. The zero-order chi connectivity index (χ0) is 17.9. The maximum Gasteiger partial charge on any atom is 0.274 e. The second kappa shape index (κ2) is 8.76. The van der Waals surface area contributed by atoms with E-state index in [1.807, 2.05) is 34.0 Å². The molecule has 146 valence electrons. The molecule has 1 N–H and O–H groups in total. The van der Waals surface area contributed by atoms with Crippen molar-refractivity contribution in [1.82, 2.24) is 20.0 Å². The van der Waals surface area contributed by atoms with Crippen LogP contribution in [0.4, 0.5) is 0 Å². The minimum atomic E-state index is 0. The first-order chi connectivity index (χ1) is 12.7. The van der Waals surface area contributed by atoms with Gasteiger partial charge in [-0.1, -0.05) is 12.1 Å². The van der Waals surface area contributed by atoms with Crippen LogP contribution in [-0.2, 0) is 0 Å². The molecule has 3 heterocycles. The van der Waals surface area contributed by atoms with Crippen molar-refractivity contribution in [1.29, 1.82) is 0 Å². The molecule has 2 aliphatic rings. The van der Waals surface area contributed by atoms with Crippen LogP contribution in [0.5, 0.6) is 5.75 Å². The van der Waals surface area contributed by atoms with Gasteiger partial charge in [0.05, 0.1) is 13.2 Å². The summed E-state index contributed by atoms with van der Waals surface area (Å²) in [5.41, 5.74) is 1.82. The highest BCUT2D eigenvalue weighted by Gasteiger charge is 2.29. The molecule has 4 rings (SSSR count). The van der Waals surface area contributed by atoms with Gasteiger partial charge in [0.25, 0.3) is 5.91 Å². The van der Waals surface area contributed by atoms with Crippen LogP contribution in [0.3, 0.4) is 0 Å². The van der Waals surface area contributed by atoms with E-state index in [9.17, 15) is 4.79 Å². The third kappa shape index (κ3) is 4.28.